The summed E-state index contributed by atoms with van der Waals surface area (Å²) in [6, 6.07) is 8.07. The second-order valence-electron chi connectivity index (χ2n) is 8.36. The number of phosphoric acid groups is 1. The number of carboxylic acid groups (broad SMARTS) is 1. The van der Waals surface area contributed by atoms with Crippen molar-refractivity contribution in [2.24, 2.45) is 11.8 Å². The molecule has 0 aromatic heterocycles. The normalized spacial score (nSPS) is 24.0. The number of nitrogens with zero attached hydrogens (tertiary/aromatic N) is 1. The Balaban J connectivity index is 1.59. The number of benzene rings is 1. The lowest BCUT2D eigenvalue weighted by atomic mass is 9.87. The van der Waals surface area contributed by atoms with Gasteiger partial charge >= 0.3 is 13.8 Å². The largest absolute Gasteiger partial charge is 0.481 e. The van der Waals surface area contributed by atoms with Crippen LogP contribution in [0.2, 0.25) is 0 Å². The van der Waals surface area contributed by atoms with Crippen LogP contribution in [-0.2, 0) is 39.1 Å². The number of ketones is 1. The molecule has 4 atom stereocenters. The van der Waals surface area contributed by atoms with E-state index in [0.29, 0.717) is 19.4 Å². The second kappa shape index (κ2) is 12.6. The zero-order chi connectivity index (χ0) is 25.4. The minimum absolute atomic E-state index is 0.126. The third-order valence-electron chi connectivity index (χ3n) is 6.07. The van der Waals surface area contributed by atoms with Gasteiger partial charge in [-0.15, -0.1) is 0 Å². The molecule has 35 heavy (non-hydrogen) atoms. The number of aliphatic carboxylic acids is 1. The van der Waals surface area contributed by atoms with Gasteiger partial charge in [-0.3, -0.25) is 32.9 Å². The fraction of sp³-hybridized carbons (Fsp3) is 0.542. The Morgan fingerprint density at radius 1 is 1.06 bits per heavy atom. The number of nitrogens with one attached hydrogen (secondary N) is 1. The number of carbonyl (C=O) groups excluding carboxylic acids is 2. The van der Waals surface area contributed by atoms with Gasteiger partial charge in [-0.05, 0) is 38.3 Å². The summed E-state index contributed by atoms with van der Waals surface area (Å²) in [5.41, 5.74) is 0.937. The molecule has 1 aromatic carbocycles. The molecule has 1 amide bonds. The van der Waals surface area contributed by atoms with E-state index in [2.05, 4.69) is 5.32 Å². The van der Waals surface area contributed by atoms with E-state index in [1.807, 2.05) is 35.2 Å². The van der Waals surface area contributed by atoms with Crippen LogP contribution in [0.3, 0.4) is 0 Å². The minimum Gasteiger partial charge on any atom is -0.481 e. The maximum Gasteiger partial charge on any atom is 0.474 e. The van der Waals surface area contributed by atoms with Crippen molar-refractivity contribution in [3.63, 3.8) is 0 Å². The number of carboxylic acids is 1. The first kappa shape index (κ1) is 27.2. The highest BCUT2D eigenvalue weighted by molar-refractivity contribution is 7.48. The number of fused-ring (bicyclic) bond motifs is 2. The van der Waals surface area contributed by atoms with Gasteiger partial charge in [-0.25, -0.2) is 4.57 Å². The van der Waals surface area contributed by atoms with E-state index in [1.165, 1.54) is 6.08 Å². The topological polar surface area (TPSA) is 131 Å². The van der Waals surface area contributed by atoms with Crippen LogP contribution in [0.25, 0.3) is 0 Å². The molecular formula is C24H33N2O8P. The van der Waals surface area contributed by atoms with Crippen molar-refractivity contribution >= 4 is 25.5 Å². The molecular weight excluding hydrogens is 475 g/mol. The first-order valence-corrected chi connectivity index (χ1v) is 13.3. The SMILES string of the molecule is CCOP(=O)(OCC)OCCCCNC(=O)C1C(C(=O)O)C2C(=O)C=CC1N2Cc1ccccc1. The van der Waals surface area contributed by atoms with E-state index < -0.39 is 43.6 Å². The summed E-state index contributed by atoms with van der Waals surface area (Å²) >= 11 is 0. The molecule has 2 bridgehead atoms. The van der Waals surface area contributed by atoms with Gasteiger partial charge in [0.2, 0.25) is 5.91 Å². The van der Waals surface area contributed by atoms with Crippen molar-refractivity contribution < 1.29 is 37.6 Å². The summed E-state index contributed by atoms with van der Waals surface area (Å²) in [6.45, 7) is 4.55. The highest BCUT2D eigenvalue weighted by atomic mass is 31.2. The molecule has 2 aliphatic heterocycles. The number of phosphoric ester groups is 1. The Morgan fingerprint density at radius 2 is 1.74 bits per heavy atom. The minimum atomic E-state index is -3.58. The highest BCUT2D eigenvalue weighted by Crippen LogP contribution is 2.49. The lowest BCUT2D eigenvalue weighted by Crippen LogP contribution is -2.45. The van der Waals surface area contributed by atoms with Crippen molar-refractivity contribution in [3.05, 3.63) is 48.0 Å². The average Bonchev–Trinajstić information content (AvgIpc) is 3.05. The highest BCUT2D eigenvalue weighted by Gasteiger charge is 2.58. The Bertz CT molecular complexity index is 960. The predicted molar refractivity (Wildman–Crippen MR) is 127 cm³/mol. The zero-order valence-corrected chi connectivity index (χ0v) is 20.9. The van der Waals surface area contributed by atoms with Gasteiger partial charge in [-0.2, -0.15) is 0 Å². The van der Waals surface area contributed by atoms with Crippen LogP contribution in [0, 0.1) is 11.8 Å². The van der Waals surface area contributed by atoms with E-state index in [0.717, 1.165) is 5.56 Å². The van der Waals surface area contributed by atoms with Crippen LogP contribution in [-0.4, -0.2) is 66.1 Å². The third kappa shape index (κ3) is 6.65. The number of carbonyl (C=O) groups is 3. The maximum atomic E-state index is 13.1. The monoisotopic (exact) mass is 508 g/mol. The molecule has 2 N–H and O–H groups in total. The smallest absolute Gasteiger partial charge is 0.474 e. The summed E-state index contributed by atoms with van der Waals surface area (Å²) < 4.78 is 27.7. The first-order chi connectivity index (χ1) is 16.8. The van der Waals surface area contributed by atoms with Crippen LogP contribution in [0.15, 0.2) is 42.5 Å². The van der Waals surface area contributed by atoms with Gasteiger partial charge in [0.15, 0.2) is 5.78 Å². The van der Waals surface area contributed by atoms with E-state index >= 15 is 0 Å². The maximum absolute atomic E-state index is 13.1. The fourth-order valence-electron chi connectivity index (χ4n) is 4.64. The summed E-state index contributed by atoms with van der Waals surface area (Å²) in [6.07, 6.45) is 4.04. The molecule has 1 saturated heterocycles. The van der Waals surface area contributed by atoms with Crippen LogP contribution in [0.5, 0.6) is 0 Å². The van der Waals surface area contributed by atoms with Gasteiger partial charge in [0.05, 0.1) is 37.7 Å². The number of hydrogen-bond donors (Lipinski definition) is 2. The third-order valence-corrected chi connectivity index (χ3v) is 7.72. The number of amides is 1. The molecule has 11 heteroatoms. The lowest BCUT2D eigenvalue weighted by Gasteiger charge is -2.31. The standard InChI is InChI=1S/C24H33N2O8P/c1-3-32-35(31,33-4-2)34-15-9-8-14-25-23(28)20-18-12-13-19(27)22(21(20)24(29)30)26(18)16-17-10-6-5-7-11-17/h5-7,10-13,18,20-22H,3-4,8-9,14-16H2,1-2H3,(H,25,28)(H,29,30). The second-order valence-corrected chi connectivity index (χ2v) is 10.0. The van der Waals surface area contributed by atoms with Gasteiger partial charge < -0.3 is 10.4 Å². The summed E-state index contributed by atoms with van der Waals surface area (Å²) in [7, 11) is -3.58. The van der Waals surface area contributed by atoms with Crippen molar-refractivity contribution in [2.45, 2.75) is 45.3 Å². The molecule has 1 aromatic rings. The van der Waals surface area contributed by atoms with Gasteiger partial charge in [0.1, 0.15) is 0 Å². The van der Waals surface area contributed by atoms with E-state index in [9.17, 15) is 24.1 Å². The number of unbranched alkanes of at least 4 members (excludes halogenated alkanes) is 1. The van der Waals surface area contributed by atoms with Gasteiger partial charge in [0, 0.05) is 19.1 Å². The van der Waals surface area contributed by atoms with E-state index in [1.54, 1.807) is 19.9 Å². The summed E-state index contributed by atoms with van der Waals surface area (Å²) in [5, 5.41) is 12.7. The molecule has 0 aliphatic carbocycles. The van der Waals surface area contributed by atoms with Crippen molar-refractivity contribution in [1.82, 2.24) is 10.2 Å². The predicted octanol–water partition coefficient (Wildman–Crippen LogP) is 2.79. The van der Waals surface area contributed by atoms with Gasteiger partial charge in [0.25, 0.3) is 0 Å². The molecule has 2 heterocycles. The number of rotatable bonds is 14. The van der Waals surface area contributed by atoms with Crippen LogP contribution in [0.1, 0.15) is 32.3 Å². The van der Waals surface area contributed by atoms with Crippen molar-refractivity contribution in [1.29, 1.82) is 0 Å². The van der Waals surface area contributed by atoms with Crippen molar-refractivity contribution in [3.8, 4) is 0 Å². The quantitative estimate of drug-likeness (QED) is 0.288. The Morgan fingerprint density at radius 3 is 2.37 bits per heavy atom. The molecule has 3 rings (SSSR count). The molecule has 0 saturated carbocycles. The molecule has 0 spiro atoms. The molecule has 192 valence electrons. The van der Waals surface area contributed by atoms with E-state index in [4.69, 9.17) is 13.6 Å². The van der Waals surface area contributed by atoms with E-state index in [-0.39, 0.29) is 32.1 Å². The fourth-order valence-corrected chi connectivity index (χ4v) is 5.84. The molecule has 1 fully saturated rings. The Kier molecular flexibility index (Phi) is 9.77. The number of hydrogen-bond acceptors (Lipinski definition) is 8. The Labute approximate surface area is 205 Å². The first-order valence-electron chi connectivity index (χ1n) is 11.9. The summed E-state index contributed by atoms with van der Waals surface area (Å²) in [5.74, 6) is -3.90. The van der Waals surface area contributed by atoms with Crippen LogP contribution < -0.4 is 5.32 Å². The average molecular weight is 509 g/mol. The van der Waals surface area contributed by atoms with Crippen LogP contribution >= 0.6 is 7.82 Å². The van der Waals surface area contributed by atoms with Gasteiger partial charge in [-0.1, -0.05) is 36.4 Å². The van der Waals surface area contributed by atoms with Crippen LogP contribution in [0.4, 0.5) is 0 Å². The lowest BCUT2D eigenvalue weighted by molar-refractivity contribution is -0.148. The van der Waals surface area contributed by atoms with Crippen molar-refractivity contribution in [2.75, 3.05) is 26.4 Å². The summed E-state index contributed by atoms with van der Waals surface area (Å²) in [4.78, 5) is 39.7. The molecule has 2 aliphatic rings. The molecule has 0 radical (unpaired) electrons. The molecule has 4 unspecified atom stereocenters. The molecule has 10 nitrogen and oxygen atoms in total. The zero-order valence-electron chi connectivity index (χ0n) is 20.0. The Hall–Kier alpha value is -2.36.